The number of rotatable bonds is 7. The van der Waals surface area contributed by atoms with Crippen LogP contribution in [0, 0.1) is 0 Å². The summed E-state index contributed by atoms with van der Waals surface area (Å²) < 4.78 is 15.7. The quantitative estimate of drug-likeness (QED) is 0.641. The molecular formula is C11H23NO3. The Kier molecular flexibility index (Phi) is 6.92. The summed E-state index contributed by atoms with van der Waals surface area (Å²) in [7, 11) is 1.69. The van der Waals surface area contributed by atoms with Crippen LogP contribution in [0.1, 0.15) is 19.8 Å². The lowest BCUT2D eigenvalue weighted by Crippen LogP contribution is -2.39. The van der Waals surface area contributed by atoms with Gasteiger partial charge in [-0.2, -0.15) is 0 Å². The highest BCUT2D eigenvalue weighted by molar-refractivity contribution is 4.74. The van der Waals surface area contributed by atoms with Gasteiger partial charge in [-0.25, -0.2) is 0 Å². The van der Waals surface area contributed by atoms with Crippen molar-refractivity contribution in [1.82, 2.24) is 5.32 Å². The van der Waals surface area contributed by atoms with E-state index in [-0.39, 0.29) is 0 Å². The van der Waals surface area contributed by atoms with Gasteiger partial charge in [0.2, 0.25) is 0 Å². The van der Waals surface area contributed by atoms with Gasteiger partial charge in [0.15, 0.2) is 0 Å². The Balaban J connectivity index is 1.90. The molecule has 0 radical (unpaired) electrons. The van der Waals surface area contributed by atoms with Crippen molar-refractivity contribution >= 4 is 0 Å². The van der Waals surface area contributed by atoms with Gasteiger partial charge in [-0.05, 0) is 19.8 Å². The summed E-state index contributed by atoms with van der Waals surface area (Å²) in [5, 5.41) is 3.48. The molecule has 1 saturated heterocycles. The molecule has 1 rings (SSSR count). The molecule has 0 spiro atoms. The normalized spacial score (nSPS) is 26.8. The SMILES string of the molecule is COCCOCCNC1CCOC(C)C1. The van der Waals surface area contributed by atoms with Gasteiger partial charge in [0, 0.05) is 26.3 Å². The van der Waals surface area contributed by atoms with Gasteiger partial charge in [-0.15, -0.1) is 0 Å². The molecule has 1 aliphatic rings. The van der Waals surface area contributed by atoms with E-state index in [1.165, 1.54) is 0 Å². The third-order valence-corrected chi connectivity index (χ3v) is 2.60. The first-order valence-electron chi connectivity index (χ1n) is 5.74. The highest BCUT2D eigenvalue weighted by atomic mass is 16.5. The molecule has 0 aliphatic carbocycles. The predicted octanol–water partition coefficient (Wildman–Crippen LogP) is 0.806. The van der Waals surface area contributed by atoms with Crippen LogP contribution in [-0.4, -0.2) is 52.2 Å². The second-order valence-corrected chi connectivity index (χ2v) is 3.96. The lowest BCUT2D eigenvalue weighted by atomic mass is 10.0. The van der Waals surface area contributed by atoms with Crippen LogP contribution in [0.4, 0.5) is 0 Å². The van der Waals surface area contributed by atoms with Crippen molar-refractivity contribution in [2.24, 2.45) is 0 Å². The van der Waals surface area contributed by atoms with Crippen molar-refractivity contribution in [3.8, 4) is 0 Å². The highest BCUT2D eigenvalue weighted by Gasteiger charge is 2.17. The molecule has 1 fully saturated rings. The molecule has 0 bridgehead atoms. The molecule has 4 nitrogen and oxygen atoms in total. The van der Waals surface area contributed by atoms with E-state index in [1.54, 1.807) is 7.11 Å². The average molecular weight is 217 g/mol. The summed E-state index contributed by atoms with van der Waals surface area (Å²) >= 11 is 0. The van der Waals surface area contributed by atoms with Crippen LogP contribution in [0.2, 0.25) is 0 Å². The van der Waals surface area contributed by atoms with Crippen LogP contribution >= 0.6 is 0 Å². The fraction of sp³-hybridized carbons (Fsp3) is 1.00. The Morgan fingerprint density at radius 1 is 1.33 bits per heavy atom. The summed E-state index contributed by atoms with van der Waals surface area (Å²) in [6.07, 6.45) is 2.62. The standard InChI is InChI=1S/C11H23NO3/c1-10-9-11(3-5-15-10)12-4-6-14-8-7-13-2/h10-12H,3-9H2,1-2H3. The van der Waals surface area contributed by atoms with Gasteiger partial charge < -0.3 is 19.5 Å². The fourth-order valence-corrected chi connectivity index (χ4v) is 1.76. The molecule has 1 N–H and O–H groups in total. The molecule has 1 heterocycles. The van der Waals surface area contributed by atoms with Gasteiger partial charge in [-0.1, -0.05) is 0 Å². The maximum atomic E-state index is 5.48. The van der Waals surface area contributed by atoms with Crippen LogP contribution < -0.4 is 5.32 Å². The first-order chi connectivity index (χ1) is 7.33. The summed E-state index contributed by atoms with van der Waals surface area (Å²) in [6.45, 7) is 6.04. The van der Waals surface area contributed by atoms with E-state index in [2.05, 4.69) is 12.2 Å². The third-order valence-electron chi connectivity index (χ3n) is 2.60. The van der Waals surface area contributed by atoms with Crippen LogP contribution in [-0.2, 0) is 14.2 Å². The van der Waals surface area contributed by atoms with E-state index in [4.69, 9.17) is 14.2 Å². The van der Waals surface area contributed by atoms with E-state index in [1.807, 2.05) is 0 Å². The first kappa shape index (κ1) is 12.9. The molecule has 0 aromatic heterocycles. The molecule has 0 aromatic carbocycles. The van der Waals surface area contributed by atoms with Gasteiger partial charge in [0.1, 0.15) is 0 Å². The summed E-state index contributed by atoms with van der Waals surface area (Å²) in [4.78, 5) is 0. The smallest absolute Gasteiger partial charge is 0.0700 e. The minimum absolute atomic E-state index is 0.394. The topological polar surface area (TPSA) is 39.7 Å². The van der Waals surface area contributed by atoms with E-state index >= 15 is 0 Å². The van der Waals surface area contributed by atoms with E-state index in [0.717, 1.165) is 32.6 Å². The van der Waals surface area contributed by atoms with E-state index in [9.17, 15) is 0 Å². The number of methoxy groups -OCH3 is 1. The molecule has 2 atom stereocenters. The molecule has 0 saturated carbocycles. The molecule has 0 amide bonds. The Hall–Kier alpha value is -0.160. The zero-order chi connectivity index (χ0) is 10.9. The van der Waals surface area contributed by atoms with Gasteiger partial charge >= 0.3 is 0 Å². The Bertz CT molecular complexity index is 155. The van der Waals surface area contributed by atoms with Crippen molar-refractivity contribution in [2.45, 2.75) is 31.9 Å². The van der Waals surface area contributed by atoms with Crippen LogP contribution in [0.5, 0.6) is 0 Å². The maximum Gasteiger partial charge on any atom is 0.0700 e. The minimum Gasteiger partial charge on any atom is -0.382 e. The molecule has 0 aromatic rings. The number of hydrogen-bond acceptors (Lipinski definition) is 4. The van der Waals surface area contributed by atoms with Gasteiger partial charge in [-0.3, -0.25) is 0 Å². The van der Waals surface area contributed by atoms with E-state index < -0.39 is 0 Å². The number of nitrogens with one attached hydrogen (secondary N) is 1. The van der Waals surface area contributed by atoms with E-state index in [0.29, 0.717) is 25.4 Å². The molecule has 4 heteroatoms. The zero-order valence-corrected chi connectivity index (χ0v) is 9.83. The molecular weight excluding hydrogens is 194 g/mol. The zero-order valence-electron chi connectivity index (χ0n) is 9.83. The predicted molar refractivity (Wildman–Crippen MR) is 59.1 cm³/mol. The van der Waals surface area contributed by atoms with Crippen molar-refractivity contribution < 1.29 is 14.2 Å². The van der Waals surface area contributed by atoms with Crippen molar-refractivity contribution in [3.05, 3.63) is 0 Å². The molecule has 1 aliphatic heterocycles. The van der Waals surface area contributed by atoms with Gasteiger partial charge in [0.05, 0.1) is 25.9 Å². The Morgan fingerprint density at radius 2 is 2.20 bits per heavy atom. The average Bonchev–Trinajstić information content (AvgIpc) is 2.23. The highest BCUT2D eigenvalue weighted by Crippen LogP contribution is 2.12. The second kappa shape index (κ2) is 8.05. The summed E-state index contributed by atoms with van der Waals surface area (Å²) in [5.74, 6) is 0. The fourth-order valence-electron chi connectivity index (χ4n) is 1.76. The van der Waals surface area contributed by atoms with Crippen LogP contribution in [0.15, 0.2) is 0 Å². The second-order valence-electron chi connectivity index (χ2n) is 3.96. The largest absolute Gasteiger partial charge is 0.382 e. The van der Waals surface area contributed by atoms with Crippen molar-refractivity contribution in [2.75, 3.05) is 40.1 Å². The molecule has 90 valence electrons. The minimum atomic E-state index is 0.394. The number of hydrogen-bond donors (Lipinski definition) is 1. The molecule has 15 heavy (non-hydrogen) atoms. The van der Waals surface area contributed by atoms with Crippen LogP contribution in [0.3, 0.4) is 0 Å². The lowest BCUT2D eigenvalue weighted by Gasteiger charge is -2.28. The number of ether oxygens (including phenoxy) is 3. The third kappa shape index (κ3) is 6.10. The van der Waals surface area contributed by atoms with Crippen molar-refractivity contribution in [3.63, 3.8) is 0 Å². The Morgan fingerprint density at radius 3 is 2.93 bits per heavy atom. The monoisotopic (exact) mass is 217 g/mol. The summed E-state index contributed by atoms with van der Waals surface area (Å²) in [6, 6.07) is 0.597. The van der Waals surface area contributed by atoms with Crippen molar-refractivity contribution in [1.29, 1.82) is 0 Å². The van der Waals surface area contributed by atoms with Gasteiger partial charge in [0.25, 0.3) is 0 Å². The maximum absolute atomic E-state index is 5.48. The first-order valence-corrected chi connectivity index (χ1v) is 5.74. The lowest BCUT2D eigenvalue weighted by molar-refractivity contribution is 0.0109. The molecule has 2 unspecified atom stereocenters. The van der Waals surface area contributed by atoms with Crippen LogP contribution in [0.25, 0.3) is 0 Å². The Labute approximate surface area is 92.3 Å². The summed E-state index contributed by atoms with van der Waals surface area (Å²) in [5.41, 5.74) is 0.